The Kier molecular flexibility index (Phi) is 2.69. The maximum Gasteiger partial charge on any atom is 0.234 e. The van der Waals surface area contributed by atoms with Gasteiger partial charge in [0.05, 0.1) is 12.1 Å². The van der Waals surface area contributed by atoms with Crippen molar-refractivity contribution in [3.05, 3.63) is 0 Å². The molecule has 0 radical (unpaired) electrons. The summed E-state index contributed by atoms with van der Waals surface area (Å²) in [5, 5.41) is 9.32. The van der Waals surface area contributed by atoms with Gasteiger partial charge in [-0.05, 0) is 20.3 Å². The molecule has 1 amide bonds. The van der Waals surface area contributed by atoms with Crippen molar-refractivity contribution in [2.24, 2.45) is 5.73 Å². The molecule has 0 aromatic rings. The zero-order valence-electron chi connectivity index (χ0n) is 7.53. The zero-order valence-corrected chi connectivity index (χ0v) is 7.53. The largest absolute Gasteiger partial charge is 0.392 e. The number of likely N-dealkylation sites (tertiary alicyclic amines) is 1. The van der Waals surface area contributed by atoms with Crippen LogP contribution < -0.4 is 5.73 Å². The van der Waals surface area contributed by atoms with Crippen LogP contribution in [0.5, 0.6) is 0 Å². The number of aliphatic hydroxyl groups is 1. The van der Waals surface area contributed by atoms with Gasteiger partial charge in [-0.15, -0.1) is 0 Å². The molecule has 0 aromatic carbocycles. The van der Waals surface area contributed by atoms with Gasteiger partial charge in [-0.3, -0.25) is 9.69 Å². The van der Waals surface area contributed by atoms with Crippen LogP contribution in [0.3, 0.4) is 0 Å². The van der Waals surface area contributed by atoms with Gasteiger partial charge in [0.15, 0.2) is 0 Å². The first-order chi connectivity index (χ1) is 5.52. The molecule has 0 aromatic heterocycles. The number of nitrogens with zero attached hydrogens (tertiary/aromatic N) is 1. The third-order valence-electron chi connectivity index (χ3n) is 2.31. The molecule has 0 spiro atoms. The summed E-state index contributed by atoms with van der Waals surface area (Å²) in [6.07, 6.45) is 0.0814. The van der Waals surface area contributed by atoms with Crippen LogP contribution in [-0.4, -0.2) is 40.6 Å². The monoisotopic (exact) mass is 172 g/mol. The van der Waals surface area contributed by atoms with Gasteiger partial charge in [0, 0.05) is 12.6 Å². The van der Waals surface area contributed by atoms with E-state index in [0.29, 0.717) is 13.0 Å². The lowest BCUT2D eigenvalue weighted by Crippen LogP contribution is -2.43. The van der Waals surface area contributed by atoms with Crippen LogP contribution in [0.1, 0.15) is 20.3 Å². The number of primary amides is 1. The van der Waals surface area contributed by atoms with Gasteiger partial charge >= 0.3 is 0 Å². The minimum absolute atomic E-state index is 0.264. The Balaban J connectivity index is 2.65. The molecule has 4 nitrogen and oxygen atoms in total. The molecule has 1 aliphatic heterocycles. The van der Waals surface area contributed by atoms with Crippen molar-refractivity contribution in [2.45, 2.75) is 38.5 Å². The summed E-state index contributed by atoms with van der Waals surface area (Å²) in [5.74, 6) is -0.333. The summed E-state index contributed by atoms with van der Waals surface area (Å²) >= 11 is 0. The maximum atomic E-state index is 10.9. The quantitative estimate of drug-likeness (QED) is 0.579. The highest BCUT2D eigenvalue weighted by atomic mass is 16.3. The van der Waals surface area contributed by atoms with Crippen LogP contribution in [-0.2, 0) is 4.79 Å². The number of β-amino-alcohol motifs (C(OH)–C–C–N with tert-alkyl or cyclic N) is 1. The van der Waals surface area contributed by atoms with Crippen LogP contribution in [0.4, 0.5) is 0 Å². The number of aliphatic hydroxyl groups excluding tert-OH is 1. The molecule has 1 aliphatic rings. The van der Waals surface area contributed by atoms with Gasteiger partial charge in [0.2, 0.25) is 5.91 Å². The Hall–Kier alpha value is -0.610. The highest BCUT2D eigenvalue weighted by molar-refractivity contribution is 5.80. The van der Waals surface area contributed by atoms with Crippen molar-refractivity contribution < 1.29 is 9.90 Å². The fourth-order valence-corrected chi connectivity index (χ4v) is 1.69. The first-order valence-electron chi connectivity index (χ1n) is 4.25. The summed E-state index contributed by atoms with van der Waals surface area (Å²) < 4.78 is 0. The molecule has 1 fully saturated rings. The van der Waals surface area contributed by atoms with E-state index in [2.05, 4.69) is 0 Å². The Morgan fingerprint density at radius 2 is 2.25 bits per heavy atom. The van der Waals surface area contributed by atoms with Gasteiger partial charge in [-0.2, -0.15) is 0 Å². The van der Waals surface area contributed by atoms with Gasteiger partial charge in [0.1, 0.15) is 0 Å². The lowest BCUT2D eigenvalue weighted by molar-refractivity contribution is -0.122. The van der Waals surface area contributed by atoms with Crippen LogP contribution in [0.25, 0.3) is 0 Å². The van der Waals surface area contributed by atoms with Crippen molar-refractivity contribution in [2.75, 3.05) is 6.54 Å². The predicted molar refractivity (Wildman–Crippen MR) is 45.4 cm³/mol. The van der Waals surface area contributed by atoms with Crippen molar-refractivity contribution >= 4 is 5.91 Å². The van der Waals surface area contributed by atoms with Crippen molar-refractivity contribution in [3.8, 4) is 0 Å². The predicted octanol–water partition coefficient (Wildman–Crippen LogP) is -0.685. The van der Waals surface area contributed by atoms with Gasteiger partial charge < -0.3 is 10.8 Å². The minimum atomic E-state index is -0.398. The third-order valence-corrected chi connectivity index (χ3v) is 2.31. The molecule has 0 bridgehead atoms. The summed E-state index contributed by atoms with van der Waals surface area (Å²) in [5.41, 5.74) is 5.20. The summed E-state index contributed by atoms with van der Waals surface area (Å²) in [6.45, 7) is 4.55. The summed E-state index contributed by atoms with van der Waals surface area (Å²) in [7, 11) is 0. The van der Waals surface area contributed by atoms with E-state index >= 15 is 0 Å². The molecule has 3 N–H and O–H groups in total. The molecule has 70 valence electrons. The van der Waals surface area contributed by atoms with Gasteiger partial charge in [0.25, 0.3) is 0 Å². The molecule has 0 saturated carbocycles. The highest BCUT2D eigenvalue weighted by Gasteiger charge is 2.35. The van der Waals surface area contributed by atoms with Crippen LogP contribution >= 0.6 is 0 Å². The number of rotatable bonds is 2. The van der Waals surface area contributed by atoms with Gasteiger partial charge in [-0.1, -0.05) is 0 Å². The molecule has 1 saturated heterocycles. The molecular weight excluding hydrogens is 156 g/mol. The van der Waals surface area contributed by atoms with Crippen LogP contribution in [0.2, 0.25) is 0 Å². The highest BCUT2D eigenvalue weighted by Crippen LogP contribution is 2.19. The number of amides is 1. The number of carbonyl (C=O) groups is 1. The maximum absolute atomic E-state index is 10.9. The standard InChI is InChI=1S/C8H16N2O2/c1-5(2)10-4-6(11)3-7(10)8(9)12/h5-7,11H,3-4H2,1-2H3,(H2,9,12)/t6-,7+/m1/s1. The van der Waals surface area contributed by atoms with Crippen molar-refractivity contribution in [3.63, 3.8) is 0 Å². The summed E-state index contributed by atoms with van der Waals surface area (Å²) in [6, 6.07) is -0.0142. The number of carbonyl (C=O) groups excluding carboxylic acids is 1. The van der Waals surface area contributed by atoms with E-state index in [1.165, 1.54) is 0 Å². The Labute approximate surface area is 72.3 Å². The fraction of sp³-hybridized carbons (Fsp3) is 0.875. The molecule has 0 aliphatic carbocycles. The second-order valence-corrected chi connectivity index (χ2v) is 3.60. The molecule has 2 atom stereocenters. The van der Waals surface area contributed by atoms with E-state index in [0.717, 1.165) is 0 Å². The SMILES string of the molecule is CC(C)N1C[C@H](O)C[C@H]1C(N)=O. The van der Waals surface area contributed by atoms with Crippen molar-refractivity contribution in [1.29, 1.82) is 0 Å². The Morgan fingerprint density at radius 1 is 1.67 bits per heavy atom. The molecule has 1 rings (SSSR count). The molecule has 0 unspecified atom stereocenters. The van der Waals surface area contributed by atoms with Crippen molar-refractivity contribution in [1.82, 2.24) is 4.90 Å². The first kappa shape index (κ1) is 9.48. The van der Waals surface area contributed by atoms with E-state index in [-0.39, 0.29) is 18.0 Å². The lowest BCUT2D eigenvalue weighted by Gasteiger charge is -2.25. The first-order valence-corrected chi connectivity index (χ1v) is 4.25. The third kappa shape index (κ3) is 1.76. The second kappa shape index (κ2) is 3.41. The van der Waals surface area contributed by atoms with Crippen LogP contribution in [0, 0.1) is 0 Å². The Morgan fingerprint density at radius 3 is 2.58 bits per heavy atom. The average molecular weight is 172 g/mol. The second-order valence-electron chi connectivity index (χ2n) is 3.60. The number of hydrogen-bond donors (Lipinski definition) is 2. The Bertz CT molecular complexity index is 182. The van der Waals surface area contributed by atoms with E-state index < -0.39 is 6.10 Å². The summed E-state index contributed by atoms with van der Waals surface area (Å²) in [4.78, 5) is 12.9. The smallest absolute Gasteiger partial charge is 0.234 e. The number of nitrogens with two attached hydrogens (primary N) is 1. The molecule has 1 heterocycles. The molecule has 4 heteroatoms. The minimum Gasteiger partial charge on any atom is -0.392 e. The van der Waals surface area contributed by atoms with E-state index in [1.807, 2.05) is 18.7 Å². The zero-order chi connectivity index (χ0) is 9.30. The molecule has 12 heavy (non-hydrogen) atoms. The van der Waals surface area contributed by atoms with E-state index in [9.17, 15) is 9.90 Å². The number of hydrogen-bond acceptors (Lipinski definition) is 3. The van der Waals surface area contributed by atoms with Gasteiger partial charge in [-0.25, -0.2) is 0 Å². The van der Waals surface area contributed by atoms with E-state index in [1.54, 1.807) is 0 Å². The molecular formula is C8H16N2O2. The average Bonchev–Trinajstić information content (AvgIpc) is 2.31. The van der Waals surface area contributed by atoms with E-state index in [4.69, 9.17) is 5.73 Å². The fourth-order valence-electron chi connectivity index (χ4n) is 1.69. The van der Waals surface area contributed by atoms with Crippen LogP contribution in [0.15, 0.2) is 0 Å². The normalized spacial score (nSPS) is 31.3. The topological polar surface area (TPSA) is 66.6 Å². The lowest BCUT2D eigenvalue weighted by atomic mass is 10.2.